The third-order valence-corrected chi connectivity index (χ3v) is 3.53. The Balaban J connectivity index is 2.00. The van der Waals surface area contributed by atoms with Crippen LogP contribution in [0.25, 0.3) is 10.9 Å². The summed E-state index contributed by atoms with van der Waals surface area (Å²) in [6.45, 7) is 2.90. The van der Waals surface area contributed by atoms with Crippen molar-refractivity contribution in [3.63, 3.8) is 0 Å². The Hall–Kier alpha value is -1.88. The molecule has 2 atom stereocenters. The van der Waals surface area contributed by atoms with Gasteiger partial charge in [0.05, 0.1) is 17.7 Å². The molecule has 0 amide bonds. The third-order valence-electron chi connectivity index (χ3n) is 3.53. The van der Waals surface area contributed by atoms with Crippen molar-refractivity contribution in [1.29, 1.82) is 0 Å². The lowest BCUT2D eigenvalue weighted by Crippen LogP contribution is -2.27. The zero-order valence-electron chi connectivity index (χ0n) is 11.2. The van der Waals surface area contributed by atoms with E-state index < -0.39 is 0 Å². The summed E-state index contributed by atoms with van der Waals surface area (Å²) < 4.78 is 5.58. The van der Waals surface area contributed by atoms with Crippen LogP contribution in [0.1, 0.15) is 13.3 Å². The normalized spacial score (nSPS) is 22.6. The Morgan fingerprint density at radius 2 is 2.11 bits per heavy atom. The molecule has 0 aliphatic carbocycles. The second-order valence-electron chi connectivity index (χ2n) is 4.78. The van der Waals surface area contributed by atoms with Crippen LogP contribution in [0.5, 0.6) is 0 Å². The van der Waals surface area contributed by atoms with Gasteiger partial charge < -0.3 is 15.4 Å². The third kappa shape index (κ3) is 2.33. The highest BCUT2D eigenvalue weighted by atomic mass is 16.5. The summed E-state index contributed by atoms with van der Waals surface area (Å²) in [5.74, 6) is 1.50. The Bertz CT molecular complexity index is 587. The highest BCUT2D eigenvalue weighted by Gasteiger charge is 2.25. The van der Waals surface area contributed by atoms with Gasteiger partial charge in [-0.05, 0) is 25.5 Å². The quantitative estimate of drug-likeness (QED) is 0.884. The Labute approximate surface area is 112 Å². The fraction of sp³-hybridized carbons (Fsp3) is 0.429. The smallest absolute Gasteiger partial charge is 0.224 e. The molecule has 1 saturated heterocycles. The number of nitrogens with one attached hydrogen (secondary N) is 2. The maximum atomic E-state index is 5.58. The van der Waals surface area contributed by atoms with Crippen molar-refractivity contribution >= 4 is 22.7 Å². The van der Waals surface area contributed by atoms with Crippen LogP contribution in [0.4, 0.5) is 11.8 Å². The summed E-state index contributed by atoms with van der Waals surface area (Å²) in [4.78, 5) is 8.98. The number of benzene rings is 1. The van der Waals surface area contributed by atoms with E-state index in [2.05, 4.69) is 27.5 Å². The molecule has 1 aliphatic heterocycles. The monoisotopic (exact) mass is 258 g/mol. The van der Waals surface area contributed by atoms with Crippen molar-refractivity contribution in [1.82, 2.24) is 9.97 Å². The van der Waals surface area contributed by atoms with Crippen molar-refractivity contribution in [3.05, 3.63) is 24.3 Å². The van der Waals surface area contributed by atoms with Crippen molar-refractivity contribution in [2.45, 2.75) is 25.5 Å². The van der Waals surface area contributed by atoms with Gasteiger partial charge >= 0.3 is 0 Å². The molecule has 3 rings (SSSR count). The minimum absolute atomic E-state index is 0.215. The topological polar surface area (TPSA) is 59.1 Å². The Morgan fingerprint density at radius 1 is 1.26 bits per heavy atom. The number of hydrogen-bond donors (Lipinski definition) is 2. The van der Waals surface area contributed by atoms with Gasteiger partial charge in [-0.2, -0.15) is 4.98 Å². The number of nitrogens with zero attached hydrogens (tertiary/aromatic N) is 2. The van der Waals surface area contributed by atoms with Crippen molar-refractivity contribution in [3.8, 4) is 0 Å². The van der Waals surface area contributed by atoms with E-state index in [1.54, 1.807) is 0 Å². The zero-order valence-corrected chi connectivity index (χ0v) is 11.2. The number of anilines is 2. The summed E-state index contributed by atoms with van der Waals surface area (Å²) in [5.41, 5.74) is 0.941. The largest absolute Gasteiger partial charge is 0.376 e. The number of hydrogen-bond acceptors (Lipinski definition) is 5. The molecule has 5 heteroatoms. The van der Waals surface area contributed by atoms with Crippen LogP contribution in [-0.4, -0.2) is 35.8 Å². The minimum atomic E-state index is 0.215. The van der Waals surface area contributed by atoms with Gasteiger partial charge in [0.1, 0.15) is 5.82 Å². The first-order valence-corrected chi connectivity index (χ1v) is 6.60. The molecule has 1 aliphatic rings. The van der Waals surface area contributed by atoms with Gasteiger partial charge in [0, 0.05) is 19.0 Å². The summed E-state index contributed by atoms with van der Waals surface area (Å²) in [5, 5.41) is 7.54. The molecule has 1 aromatic carbocycles. The fourth-order valence-electron chi connectivity index (χ4n) is 2.40. The maximum absolute atomic E-state index is 5.58. The van der Waals surface area contributed by atoms with Crippen molar-refractivity contribution < 1.29 is 4.74 Å². The number of rotatable bonds is 3. The molecule has 5 nitrogen and oxygen atoms in total. The van der Waals surface area contributed by atoms with Crippen LogP contribution < -0.4 is 10.6 Å². The second kappa shape index (κ2) is 5.01. The predicted molar refractivity (Wildman–Crippen MR) is 76.5 cm³/mol. The summed E-state index contributed by atoms with van der Waals surface area (Å²) in [7, 11) is 1.83. The summed E-state index contributed by atoms with van der Waals surface area (Å²) in [6.07, 6.45) is 1.22. The standard InChI is InChI=1S/C14H18N4O/c1-9-11(7-8-19-9)16-13-10-5-3-4-6-12(10)17-14(15-2)18-13/h3-6,9,11H,7-8H2,1-2H3,(H2,15,16,17,18). The first-order chi connectivity index (χ1) is 9.28. The first kappa shape index (κ1) is 12.2. The van der Waals surface area contributed by atoms with Crippen LogP contribution in [0.2, 0.25) is 0 Å². The van der Waals surface area contributed by atoms with Gasteiger partial charge in [-0.3, -0.25) is 0 Å². The molecule has 2 unspecified atom stereocenters. The van der Waals surface area contributed by atoms with E-state index in [4.69, 9.17) is 4.74 Å². The van der Waals surface area contributed by atoms with E-state index in [0.717, 1.165) is 29.7 Å². The van der Waals surface area contributed by atoms with E-state index in [1.807, 2.05) is 31.3 Å². The van der Waals surface area contributed by atoms with E-state index in [1.165, 1.54) is 0 Å². The highest BCUT2D eigenvalue weighted by Crippen LogP contribution is 2.25. The van der Waals surface area contributed by atoms with E-state index in [9.17, 15) is 0 Å². The van der Waals surface area contributed by atoms with Crippen LogP contribution in [-0.2, 0) is 4.74 Å². The van der Waals surface area contributed by atoms with E-state index in [0.29, 0.717) is 12.0 Å². The number of ether oxygens (including phenoxy) is 1. The molecular formula is C14H18N4O. The Kier molecular flexibility index (Phi) is 3.21. The molecule has 2 heterocycles. The lowest BCUT2D eigenvalue weighted by Gasteiger charge is -2.18. The minimum Gasteiger partial charge on any atom is -0.376 e. The van der Waals surface area contributed by atoms with E-state index >= 15 is 0 Å². The number of para-hydroxylation sites is 1. The molecule has 1 aromatic heterocycles. The van der Waals surface area contributed by atoms with Gasteiger partial charge in [-0.1, -0.05) is 12.1 Å². The van der Waals surface area contributed by atoms with Gasteiger partial charge in [-0.25, -0.2) is 4.98 Å². The van der Waals surface area contributed by atoms with Gasteiger partial charge in [0.15, 0.2) is 0 Å². The van der Waals surface area contributed by atoms with Crippen LogP contribution >= 0.6 is 0 Å². The van der Waals surface area contributed by atoms with Crippen LogP contribution in [0, 0.1) is 0 Å². The summed E-state index contributed by atoms with van der Waals surface area (Å²) >= 11 is 0. The highest BCUT2D eigenvalue weighted by molar-refractivity contribution is 5.90. The molecule has 100 valence electrons. The predicted octanol–water partition coefficient (Wildman–Crippen LogP) is 2.26. The lowest BCUT2D eigenvalue weighted by molar-refractivity contribution is 0.121. The number of fused-ring (bicyclic) bond motifs is 1. The van der Waals surface area contributed by atoms with Crippen molar-refractivity contribution in [2.24, 2.45) is 0 Å². The van der Waals surface area contributed by atoms with Crippen molar-refractivity contribution in [2.75, 3.05) is 24.3 Å². The fourth-order valence-corrected chi connectivity index (χ4v) is 2.40. The average Bonchev–Trinajstić information content (AvgIpc) is 2.84. The van der Waals surface area contributed by atoms with Crippen LogP contribution in [0.15, 0.2) is 24.3 Å². The maximum Gasteiger partial charge on any atom is 0.224 e. The second-order valence-corrected chi connectivity index (χ2v) is 4.78. The molecule has 19 heavy (non-hydrogen) atoms. The van der Waals surface area contributed by atoms with Gasteiger partial charge in [0.2, 0.25) is 5.95 Å². The van der Waals surface area contributed by atoms with E-state index in [-0.39, 0.29) is 6.10 Å². The zero-order chi connectivity index (χ0) is 13.2. The first-order valence-electron chi connectivity index (χ1n) is 6.60. The summed E-state index contributed by atoms with van der Waals surface area (Å²) in [6, 6.07) is 8.34. The molecule has 0 radical (unpaired) electrons. The van der Waals surface area contributed by atoms with Gasteiger partial charge in [0.25, 0.3) is 0 Å². The SMILES string of the molecule is CNc1nc(NC2CCOC2C)c2ccccc2n1. The molecule has 2 aromatic rings. The molecule has 1 fully saturated rings. The van der Waals surface area contributed by atoms with Crippen LogP contribution in [0.3, 0.4) is 0 Å². The van der Waals surface area contributed by atoms with Gasteiger partial charge in [-0.15, -0.1) is 0 Å². The average molecular weight is 258 g/mol. The Morgan fingerprint density at radius 3 is 2.84 bits per heavy atom. The number of aromatic nitrogens is 2. The molecule has 2 N–H and O–H groups in total. The lowest BCUT2D eigenvalue weighted by atomic mass is 10.1. The molecule has 0 saturated carbocycles. The molecular weight excluding hydrogens is 240 g/mol. The molecule has 0 bridgehead atoms. The molecule has 0 spiro atoms.